The van der Waals surface area contributed by atoms with E-state index in [4.69, 9.17) is 10.5 Å². The molecule has 0 heterocycles. The number of benzene rings is 2. The lowest BCUT2D eigenvalue weighted by Gasteiger charge is -2.17. The molecule has 0 aliphatic heterocycles. The fourth-order valence-corrected chi connectivity index (χ4v) is 2.22. The highest BCUT2D eigenvalue weighted by atomic mass is 19.1. The van der Waals surface area contributed by atoms with Crippen LogP contribution in [0.5, 0.6) is 11.5 Å². The van der Waals surface area contributed by atoms with Crippen LogP contribution >= 0.6 is 0 Å². The van der Waals surface area contributed by atoms with E-state index in [0.29, 0.717) is 11.6 Å². The molecule has 19 heavy (non-hydrogen) atoms. The van der Waals surface area contributed by atoms with Gasteiger partial charge >= 0.3 is 0 Å². The van der Waals surface area contributed by atoms with Crippen LogP contribution in [0.1, 0.15) is 25.3 Å². The lowest BCUT2D eigenvalue weighted by molar-refractivity contribution is 0.389. The first kappa shape index (κ1) is 13.4. The van der Waals surface area contributed by atoms with Crippen molar-refractivity contribution in [1.29, 1.82) is 0 Å². The Hall–Kier alpha value is -2.04. The third-order valence-corrected chi connectivity index (χ3v) is 3.12. The third-order valence-electron chi connectivity index (χ3n) is 3.12. The molecule has 0 saturated carbocycles. The Labute approximate surface area is 109 Å². The first-order valence-electron chi connectivity index (χ1n) is 5.85. The van der Waals surface area contributed by atoms with Crippen molar-refractivity contribution in [3.63, 3.8) is 0 Å². The second-order valence-electron chi connectivity index (χ2n) is 4.68. The highest BCUT2D eigenvalue weighted by molar-refractivity contribution is 6.00. The topological polar surface area (TPSA) is 55.5 Å². The smallest absolute Gasteiger partial charge is 0.168 e. The summed E-state index contributed by atoms with van der Waals surface area (Å²) in [5, 5.41) is 10.0. The van der Waals surface area contributed by atoms with Crippen molar-refractivity contribution in [2.24, 2.45) is 0 Å². The molecule has 5 heteroatoms. The number of hydrogen-bond acceptors (Lipinski definition) is 3. The molecule has 0 aliphatic carbocycles. The zero-order valence-electron chi connectivity index (χ0n) is 10.9. The van der Waals surface area contributed by atoms with Crippen LogP contribution in [0, 0.1) is 11.6 Å². The van der Waals surface area contributed by atoms with E-state index in [2.05, 4.69) is 0 Å². The largest absolute Gasteiger partial charge is 0.505 e. The molecular formula is C14H15F2NO2. The van der Waals surface area contributed by atoms with E-state index in [1.54, 1.807) is 0 Å². The monoisotopic (exact) mass is 267 g/mol. The van der Waals surface area contributed by atoms with Crippen molar-refractivity contribution in [2.45, 2.75) is 19.8 Å². The van der Waals surface area contributed by atoms with Gasteiger partial charge in [0, 0.05) is 11.5 Å². The van der Waals surface area contributed by atoms with Crippen molar-refractivity contribution >= 4 is 16.5 Å². The molecule has 0 spiro atoms. The third kappa shape index (κ3) is 1.95. The maximum absolute atomic E-state index is 13.9. The summed E-state index contributed by atoms with van der Waals surface area (Å²) < 4.78 is 32.7. The summed E-state index contributed by atoms with van der Waals surface area (Å²) in [6.07, 6.45) is 0. The first-order valence-corrected chi connectivity index (χ1v) is 5.85. The van der Waals surface area contributed by atoms with Crippen molar-refractivity contribution in [1.82, 2.24) is 0 Å². The van der Waals surface area contributed by atoms with Crippen molar-refractivity contribution in [3.05, 3.63) is 29.3 Å². The number of phenols is 1. The van der Waals surface area contributed by atoms with Gasteiger partial charge in [-0.3, -0.25) is 0 Å². The molecule has 3 nitrogen and oxygen atoms in total. The Bertz CT molecular complexity index is 654. The van der Waals surface area contributed by atoms with Crippen LogP contribution in [-0.4, -0.2) is 12.2 Å². The highest BCUT2D eigenvalue weighted by Gasteiger charge is 2.22. The Morgan fingerprint density at radius 1 is 1.16 bits per heavy atom. The van der Waals surface area contributed by atoms with E-state index in [9.17, 15) is 13.9 Å². The van der Waals surface area contributed by atoms with Crippen LogP contribution in [0.25, 0.3) is 10.8 Å². The molecule has 0 aliphatic rings. The number of nitrogens with two attached hydrogens (primary N) is 1. The second kappa shape index (κ2) is 4.57. The lowest BCUT2D eigenvalue weighted by Crippen LogP contribution is -2.00. The average Bonchev–Trinajstić information content (AvgIpc) is 2.32. The summed E-state index contributed by atoms with van der Waals surface area (Å²) >= 11 is 0. The summed E-state index contributed by atoms with van der Waals surface area (Å²) in [6, 6.07) is 2.20. The number of methoxy groups -OCH3 is 1. The highest BCUT2D eigenvalue weighted by Crippen LogP contribution is 2.43. The summed E-state index contributed by atoms with van der Waals surface area (Å²) in [7, 11) is 1.30. The van der Waals surface area contributed by atoms with Crippen LogP contribution in [0.15, 0.2) is 12.1 Å². The number of anilines is 1. The van der Waals surface area contributed by atoms with Crippen LogP contribution in [-0.2, 0) is 0 Å². The fourth-order valence-electron chi connectivity index (χ4n) is 2.22. The van der Waals surface area contributed by atoms with Crippen LogP contribution < -0.4 is 10.5 Å². The molecule has 2 aromatic carbocycles. The minimum atomic E-state index is -0.861. The van der Waals surface area contributed by atoms with Gasteiger partial charge in [0.25, 0.3) is 0 Å². The molecule has 3 N–H and O–H groups in total. The van der Waals surface area contributed by atoms with Gasteiger partial charge < -0.3 is 15.6 Å². The summed E-state index contributed by atoms with van der Waals surface area (Å²) in [5.74, 6) is -2.18. The Balaban J connectivity index is 3.08. The van der Waals surface area contributed by atoms with E-state index < -0.39 is 17.4 Å². The number of halogens is 2. The molecule has 0 bridgehead atoms. The molecule has 102 valence electrons. The molecule has 0 aromatic heterocycles. The SMILES string of the molecule is COc1c(F)cc(F)c2c(O)c(N)cc(C(C)C)c12. The van der Waals surface area contributed by atoms with Crippen molar-refractivity contribution in [3.8, 4) is 11.5 Å². The maximum Gasteiger partial charge on any atom is 0.168 e. The van der Waals surface area contributed by atoms with E-state index in [1.807, 2.05) is 13.8 Å². The van der Waals surface area contributed by atoms with Gasteiger partial charge in [-0.2, -0.15) is 0 Å². The van der Waals surface area contributed by atoms with Gasteiger partial charge in [-0.15, -0.1) is 0 Å². The molecule has 0 amide bonds. The van der Waals surface area contributed by atoms with Gasteiger partial charge in [-0.05, 0) is 17.5 Å². The average molecular weight is 267 g/mol. The zero-order chi connectivity index (χ0) is 14.3. The number of nitrogen functional groups attached to an aromatic ring is 1. The maximum atomic E-state index is 13.9. The molecule has 0 atom stereocenters. The number of hydrogen-bond donors (Lipinski definition) is 2. The van der Waals surface area contributed by atoms with Gasteiger partial charge in [0.2, 0.25) is 0 Å². The van der Waals surface area contributed by atoms with E-state index in [-0.39, 0.29) is 28.1 Å². The quantitative estimate of drug-likeness (QED) is 0.646. The summed E-state index contributed by atoms with van der Waals surface area (Å²) in [4.78, 5) is 0. The van der Waals surface area contributed by atoms with Gasteiger partial charge in [0.05, 0.1) is 18.2 Å². The van der Waals surface area contributed by atoms with E-state index in [1.165, 1.54) is 13.2 Å². The van der Waals surface area contributed by atoms with Crippen molar-refractivity contribution in [2.75, 3.05) is 12.8 Å². The molecule has 0 unspecified atom stereocenters. The predicted octanol–water partition coefficient (Wildman–Crippen LogP) is 3.54. The number of phenolic OH excluding ortho intramolecular Hbond substituents is 1. The first-order chi connectivity index (χ1) is 8.88. The standard InChI is InChI=1S/C14H15F2NO2/c1-6(2)7-4-10(17)13(18)12-8(15)5-9(16)14(19-3)11(7)12/h4-6,18H,17H2,1-3H3. The zero-order valence-corrected chi connectivity index (χ0v) is 10.9. The molecular weight excluding hydrogens is 252 g/mol. The number of aromatic hydroxyl groups is 1. The van der Waals surface area contributed by atoms with Gasteiger partial charge in [0.15, 0.2) is 11.6 Å². The van der Waals surface area contributed by atoms with Gasteiger partial charge in [-0.1, -0.05) is 13.8 Å². The predicted molar refractivity (Wildman–Crippen MR) is 70.6 cm³/mol. The number of rotatable bonds is 2. The molecule has 2 rings (SSSR count). The Kier molecular flexibility index (Phi) is 3.22. The molecule has 0 saturated heterocycles. The fraction of sp³-hybridized carbons (Fsp3) is 0.286. The van der Waals surface area contributed by atoms with Crippen molar-refractivity contribution < 1.29 is 18.6 Å². The normalized spacial score (nSPS) is 11.3. The molecule has 0 fully saturated rings. The lowest BCUT2D eigenvalue weighted by atomic mass is 9.93. The van der Waals surface area contributed by atoms with Gasteiger partial charge in [0.1, 0.15) is 11.6 Å². The molecule has 2 aromatic rings. The Morgan fingerprint density at radius 3 is 2.32 bits per heavy atom. The van der Waals surface area contributed by atoms with Gasteiger partial charge in [-0.25, -0.2) is 8.78 Å². The summed E-state index contributed by atoms with van der Waals surface area (Å²) in [6.45, 7) is 3.74. The van der Waals surface area contributed by atoms with E-state index >= 15 is 0 Å². The minimum Gasteiger partial charge on any atom is -0.505 e. The number of ether oxygens (including phenoxy) is 1. The van der Waals surface area contributed by atoms with Crippen LogP contribution in [0.4, 0.5) is 14.5 Å². The molecule has 0 radical (unpaired) electrons. The van der Waals surface area contributed by atoms with E-state index in [0.717, 1.165) is 0 Å². The second-order valence-corrected chi connectivity index (χ2v) is 4.68. The van der Waals surface area contributed by atoms with Crippen LogP contribution in [0.2, 0.25) is 0 Å². The Morgan fingerprint density at radius 2 is 1.79 bits per heavy atom. The van der Waals surface area contributed by atoms with Crippen LogP contribution in [0.3, 0.4) is 0 Å². The number of fused-ring (bicyclic) bond motifs is 1. The minimum absolute atomic E-state index is 0.0273. The summed E-state index contributed by atoms with van der Waals surface area (Å²) in [5.41, 5.74) is 6.36.